The second-order valence-electron chi connectivity index (χ2n) is 4.82. The van der Waals surface area contributed by atoms with Gasteiger partial charge in [0.2, 0.25) is 0 Å². The van der Waals surface area contributed by atoms with Crippen LogP contribution in [-0.4, -0.2) is 27.5 Å². The largest absolute Gasteiger partial charge is 0.287 e. The first-order valence-corrected chi connectivity index (χ1v) is 8.74. The molecule has 1 aliphatic heterocycles. The summed E-state index contributed by atoms with van der Waals surface area (Å²) in [6.07, 6.45) is 5.28. The molecular weight excluding hydrogens is 374 g/mol. The number of amidine groups is 1. The van der Waals surface area contributed by atoms with E-state index in [1.165, 1.54) is 11.8 Å². The van der Waals surface area contributed by atoms with Gasteiger partial charge < -0.3 is 0 Å². The second kappa shape index (κ2) is 7.10. The molecule has 0 saturated carbocycles. The zero-order valence-electron chi connectivity index (χ0n) is 12.4. The van der Waals surface area contributed by atoms with Crippen LogP contribution in [0.3, 0.4) is 0 Å². The average Bonchev–Trinajstić information content (AvgIpc) is 2.85. The monoisotopic (exact) mass is 387 g/mol. The van der Waals surface area contributed by atoms with Gasteiger partial charge in [-0.25, -0.2) is 4.99 Å². The highest BCUT2D eigenvalue weighted by Crippen LogP contribution is 2.33. The Kier molecular flexibility index (Phi) is 4.93. The van der Waals surface area contributed by atoms with Crippen molar-refractivity contribution < 1.29 is 4.79 Å². The number of carbonyl (C=O) groups excluding carboxylic acids is 1. The number of aromatic nitrogens is 1. The number of likely N-dealkylation sites (N-methyl/N-ethyl adjacent to an activating group) is 1. The van der Waals surface area contributed by atoms with Gasteiger partial charge in [-0.05, 0) is 54.6 Å². The second-order valence-corrected chi connectivity index (χ2v) is 6.74. The number of aliphatic imine (C=N–C) groups is 1. The zero-order chi connectivity index (χ0) is 16.2. The lowest BCUT2D eigenvalue weighted by atomic mass is 10.2. The zero-order valence-corrected chi connectivity index (χ0v) is 14.8. The van der Waals surface area contributed by atoms with Crippen LogP contribution in [0.1, 0.15) is 12.5 Å². The van der Waals surface area contributed by atoms with Gasteiger partial charge in [-0.3, -0.25) is 14.7 Å². The molecule has 0 spiro atoms. The number of halogens is 1. The lowest BCUT2D eigenvalue weighted by molar-refractivity contribution is -0.122. The summed E-state index contributed by atoms with van der Waals surface area (Å²) in [4.78, 5) is 23.5. The SMILES string of the molecule is CCN1C(=O)/C(=C/c2ccc(Br)cc2)SC1=Nc1cccnc1. The molecule has 1 aliphatic rings. The van der Waals surface area contributed by atoms with Crippen LogP contribution < -0.4 is 0 Å². The number of rotatable bonds is 3. The Labute approximate surface area is 147 Å². The van der Waals surface area contributed by atoms with Gasteiger partial charge >= 0.3 is 0 Å². The van der Waals surface area contributed by atoms with Crippen molar-refractivity contribution in [2.24, 2.45) is 4.99 Å². The van der Waals surface area contributed by atoms with Gasteiger partial charge in [0.05, 0.1) is 16.8 Å². The summed E-state index contributed by atoms with van der Waals surface area (Å²) < 4.78 is 1.01. The number of carbonyl (C=O) groups is 1. The summed E-state index contributed by atoms with van der Waals surface area (Å²) in [5, 5.41) is 0.689. The van der Waals surface area contributed by atoms with E-state index in [0.717, 1.165) is 15.7 Å². The van der Waals surface area contributed by atoms with Gasteiger partial charge in [0.15, 0.2) is 5.17 Å². The van der Waals surface area contributed by atoms with Gasteiger partial charge in [0, 0.05) is 17.2 Å². The Balaban J connectivity index is 1.91. The normalized spacial score (nSPS) is 18.2. The molecular formula is C17H14BrN3OS. The van der Waals surface area contributed by atoms with Crippen LogP contribution in [0.25, 0.3) is 6.08 Å². The number of nitrogens with zero attached hydrogens (tertiary/aromatic N) is 3. The topological polar surface area (TPSA) is 45.6 Å². The molecule has 4 nitrogen and oxygen atoms in total. The molecule has 1 fully saturated rings. The van der Waals surface area contributed by atoms with E-state index in [1.54, 1.807) is 17.3 Å². The smallest absolute Gasteiger partial charge is 0.266 e. The minimum absolute atomic E-state index is 0.0111. The van der Waals surface area contributed by atoms with E-state index < -0.39 is 0 Å². The van der Waals surface area contributed by atoms with Crippen LogP contribution in [0.15, 0.2) is 63.2 Å². The van der Waals surface area contributed by atoms with Gasteiger partial charge in [0.25, 0.3) is 5.91 Å². The van der Waals surface area contributed by atoms with Crippen molar-refractivity contribution in [1.82, 2.24) is 9.88 Å². The van der Waals surface area contributed by atoms with E-state index in [-0.39, 0.29) is 5.91 Å². The fraction of sp³-hybridized carbons (Fsp3) is 0.118. The number of thioether (sulfide) groups is 1. The highest BCUT2D eigenvalue weighted by Gasteiger charge is 2.32. The molecule has 2 heterocycles. The Morgan fingerprint density at radius 2 is 2.09 bits per heavy atom. The molecule has 3 rings (SSSR count). The maximum atomic E-state index is 12.5. The van der Waals surface area contributed by atoms with Crippen LogP contribution in [0.4, 0.5) is 5.69 Å². The van der Waals surface area contributed by atoms with Gasteiger partial charge in [-0.2, -0.15) is 0 Å². The van der Waals surface area contributed by atoms with E-state index in [9.17, 15) is 4.79 Å². The number of pyridine rings is 1. The van der Waals surface area contributed by atoms with Crippen molar-refractivity contribution in [2.45, 2.75) is 6.92 Å². The molecule has 1 aromatic carbocycles. The Morgan fingerprint density at radius 1 is 1.30 bits per heavy atom. The van der Waals surface area contributed by atoms with Crippen molar-refractivity contribution in [3.8, 4) is 0 Å². The van der Waals surface area contributed by atoms with Gasteiger partial charge in [0.1, 0.15) is 0 Å². The third-order valence-corrected chi connectivity index (χ3v) is 4.78. The molecule has 0 radical (unpaired) electrons. The predicted octanol–water partition coefficient (Wildman–Crippen LogP) is 4.47. The van der Waals surface area contributed by atoms with Crippen LogP contribution in [0, 0.1) is 0 Å². The lowest BCUT2D eigenvalue weighted by Gasteiger charge is -2.11. The number of hydrogen-bond acceptors (Lipinski definition) is 4. The summed E-state index contributed by atoms with van der Waals surface area (Å²) >= 11 is 4.80. The lowest BCUT2D eigenvalue weighted by Crippen LogP contribution is -2.28. The Morgan fingerprint density at radius 3 is 2.74 bits per heavy atom. The molecule has 1 aromatic heterocycles. The van der Waals surface area contributed by atoms with Crippen molar-refractivity contribution in [2.75, 3.05) is 6.54 Å². The van der Waals surface area contributed by atoms with Crippen LogP contribution in [0.5, 0.6) is 0 Å². The molecule has 0 bridgehead atoms. The average molecular weight is 388 g/mol. The summed E-state index contributed by atoms with van der Waals surface area (Å²) in [7, 11) is 0. The molecule has 0 N–H and O–H groups in total. The molecule has 0 atom stereocenters. The number of amides is 1. The van der Waals surface area contributed by atoms with E-state index in [4.69, 9.17) is 0 Å². The standard InChI is InChI=1S/C17H14BrN3OS/c1-2-21-16(22)15(10-12-5-7-13(18)8-6-12)23-17(21)20-14-4-3-9-19-11-14/h3-11H,2H2,1H3/b15-10-,20-17?. The quantitative estimate of drug-likeness (QED) is 0.729. The Bertz CT molecular complexity index is 772. The van der Waals surface area contributed by atoms with Crippen molar-refractivity contribution in [1.29, 1.82) is 0 Å². The first-order valence-electron chi connectivity index (χ1n) is 7.13. The van der Waals surface area contributed by atoms with Gasteiger partial charge in [-0.1, -0.05) is 28.1 Å². The van der Waals surface area contributed by atoms with E-state index in [2.05, 4.69) is 25.9 Å². The maximum Gasteiger partial charge on any atom is 0.266 e. The summed E-state index contributed by atoms with van der Waals surface area (Å²) in [5.41, 5.74) is 1.73. The van der Waals surface area contributed by atoms with E-state index >= 15 is 0 Å². The Hall–Kier alpha value is -1.92. The minimum atomic E-state index is -0.0111. The third kappa shape index (κ3) is 3.71. The highest BCUT2D eigenvalue weighted by atomic mass is 79.9. The van der Waals surface area contributed by atoms with Gasteiger partial charge in [-0.15, -0.1) is 0 Å². The fourth-order valence-electron chi connectivity index (χ4n) is 2.11. The van der Waals surface area contributed by atoms with E-state index in [1.807, 2.05) is 49.4 Å². The first kappa shape index (κ1) is 16.0. The fourth-order valence-corrected chi connectivity index (χ4v) is 3.44. The summed E-state index contributed by atoms with van der Waals surface area (Å²) in [6, 6.07) is 11.6. The molecule has 0 unspecified atom stereocenters. The minimum Gasteiger partial charge on any atom is -0.287 e. The highest BCUT2D eigenvalue weighted by molar-refractivity contribution is 9.10. The molecule has 1 amide bonds. The van der Waals surface area contributed by atoms with Crippen molar-refractivity contribution in [3.05, 3.63) is 63.7 Å². The van der Waals surface area contributed by atoms with Crippen LogP contribution in [0.2, 0.25) is 0 Å². The van der Waals surface area contributed by atoms with E-state index in [0.29, 0.717) is 16.6 Å². The van der Waals surface area contributed by atoms with Crippen LogP contribution >= 0.6 is 27.7 Å². The predicted molar refractivity (Wildman–Crippen MR) is 98.4 cm³/mol. The third-order valence-electron chi connectivity index (χ3n) is 3.24. The number of hydrogen-bond donors (Lipinski definition) is 0. The molecule has 23 heavy (non-hydrogen) atoms. The molecule has 116 valence electrons. The van der Waals surface area contributed by atoms with Crippen molar-refractivity contribution >= 4 is 50.5 Å². The van der Waals surface area contributed by atoms with Crippen molar-refractivity contribution in [3.63, 3.8) is 0 Å². The maximum absolute atomic E-state index is 12.5. The van der Waals surface area contributed by atoms with Crippen LogP contribution in [-0.2, 0) is 4.79 Å². The first-order chi connectivity index (χ1) is 11.2. The molecule has 1 saturated heterocycles. The molecule has 2 aromatic rings. The molecule has 0 aliphatic carbocycles. The molecule has 6 heteroatoms. The summed E-state index contributed by atoms with van der Waals surface area (Å²) in [6.45, 7) is 2.53. The summed E-state index contributed by atoms with van der Waals surface area (Å²) in [5.74, 6) is -0.0111. The number of benzene rings is 1.